The number of aromatic nitrogens is 2. The third-order valence-electron chi connectivity index (χ3n) is 2.26. The van der Waals surface area contributed by atoms with E-state index in [-0.39, 0.29) is 5.75 Å². The first kappa shape index (κ1) is 13.8. The van der Waals surface area contributed by atoms with Gasteiger partial charge in [0.1, 0.15) is 5.56 Å². The minimum atomic E-state index is -4.66. The first-order chi connectivity index (χ1) is 9.39. The van der Waals surface area contributed by atoms with Crippen molar-refractivity contribution in [3.05, 3.63) is 47.9 Å². The van der Waals surface area contributed by atoms with Gasteiger partial charge in [-0.1, -0.05) is 0 Å². The number of rotatable bonds is 3. The molecular formula is C12H7F3N2O3. The van der Waals surface area contributed by atoms with Crippen LogP contribution in [0.4, 0.5) is 13.2 Å². The second kappa shape index (κ2) is 5.16. The summed E-state index contributed by atoms with van der Waals surface area (Å²) in [5.74, 6) is -2.45. The molecule has 5 nitrogen and oxygen atoms in total. The van der Waals surface area contributed by atoms with Crippen LogP contribution in [-0.2, 0) is 6.18 Å². The van der Waals surface area contributed by atoms with E-state index in [0.29, 0.717) is 0 Å². The Morgan fingerprint density at radius 3 is 2.45 bits per heavy atom. The van der Waals surface area contributed by atoms with Crippen molar-refractivity contribution < 1.29 is 27.8 Å². The van der Waals surface area contributed by atoms with Crippen LogP contribution in [0.5, 0.6) is 11.6 Å². The number of hydrogen-bond donors (Lipinski definition) is 1. The molecule has 0 fully saturated rings. The van der Waals surface area contributed by atoms with Crippen molar-refractivity contribution in [1.29, 1.82) is 0 Å². The normalized spacial score (nSPS) is 11.2. The average molecular weight is 284 g/mol. The van der Waals surface area contributed by atoms with E-state index in [1.54, 1.807) is 0 Å². The van der Waals surface area contributed by atoms with E-state index in [2.05, 4.69) is 9.97 Å². The first-order valence-electron chi connectivity index (χ1n) is 5.28. The lowest BCUT2D eigenvalue weighted by molar-refractivity contribution is -0.138. The SMILES string of the molecule is O=C(O)c1ncccc1Oc1ncccc1C(F)(F)F. The van der Waals surface area contributed by atoms with E-state index in [4.69, 9.17) is 9.84 Å². The van der Waals surface area contributed by atoms with Crippen LogP contribution in [0.2, 0.25) is 0 Å². The molecule has 0 bridgehead atoms. The number of alkyl halides is 3. The number of ether oxygens (including phenoxy) is 1. The fraction of sp³-hybridized carbons (Fsp3) is 0.0833. The molecule has 2 heterocycles. The zero-order valence-corrected chi connectivity index (χ0v) is 9.76. The predicted molar refractivity (Wildman–Crippen MR) is 60.5 cm³/mol. The van der Waals surface area contributed by atoms with Crippen molar-refractivity contribution in [2.75, 3.05) is 0 Å². The highest BCUT2D eigenvalue weighted by atomic mass is 19.4. The number of aromatic carboxylic acids is 1. The number of hydrogen-bond acceptors (Lipinski definition) is 4. The van der Waals surface area contributed by atoms with Crippen molar-refractivity contribution in [3.8, 4) is 11.6 Å². The molecule has 0 saturated carbocycles. The molecule has 0 aliphatic rings. The van der Waals surface area contributed by atoms with Crippen LogP contribution >= 0.6 is 0 Å². The quantitative estimate of drug-likeness (QED) is 0.938. The zero-order chi connectivity index (χ0) is 14.8. The highest BCUT2D eigenvalue weighted by molar-refractivity contribution is 5.88. The molecule has 0 aromatic carbocycles. The summed E-state index contributed by atoms with van der Waals surface area (Å²) in [4.78, 5) is 17.9. The minimum Gasteiger partial charge on any atom is -0.476 e. The summed E-state index contributed by atoms with van der Waals surface area (Å²) in [7, 11) is 0. The van der Waals surface area contributed by atoms with Gasteiger partial charge in [-0.15, -0.1) is 0 Å². The van der Waals surface area contributed by atoms with Crippen LogP contribution in [-0.4, -0.2) is 21.0 Å². The maximum absolute atomic E-state index is 12.8. The predicted octanol–water partition coefficient (Wildman–Crippen LogP) is 2.99. The number of carbonyl (C=O) groups is 1. The Kier molecular flexibility index (Phi) is 3.55. The Hall–Kier alpha value is -2.64. The number of pyridine rings is 2. The van der Waals surface area contributed by atoms with Gasteiger partial charge < -0.3 is 9.84 Å². The van der Waals surface area contributed by atoms with Gasteiger partial charge in [-0.2, -0.15) is 13.2 Å². The Labute approximate surface area is 110 Å². The van der Waals surface area contributed by atoms with Gasteiger partial charge in [0.25, 0.3) is 0 Å². The van der Waals surface area contributed by atoms with Gasteiger partial charge in [0, 0.05) is 12.4 Å². The van der Waals surface area contributed by atoms with Gasteiger partial charge in [-0.05, 0) is 24.3 Å². The summed E-state index contributed by atoms with van der Waals surface area (Å²) >= 11 is 0. The molecule has 0 aliphatic heterocycles. The van der Waals surface area contributed by atoms with Crippen LogP contribution in [0.15, 0.2) is 36.7 Å². The molecule has 2 rings (SSSR count). The first-order valence-corrected chi connectivity index (χ1v) is 5.28. The largest absolute Gasteiger partial charge is 0.476 e. The van der Waals surface area contributed by atoms with Gasteiger partial charge in [-0.3, -0.25) is 0 Å². The van der Waals surface area contributed by atoms with Gasteiger partial charge >= 0.3 is 12.1 Å². The molecule has 1 N–H and O–H groups in total. The van der Waals surface area contributed by atoms with Crippen LogP contribution < -0.4 is 4.74 Å². The molecule has 0 spiro atoms. The van der Waals surface area contributed by atoms with E-state index in [9.17, 15) is 18.0 Å². The fourth-order valence-electron chi connectivity index (χ4n) is 1.43. The molecule has 0 amide bonds. The highest BCUT2D eigenvalue weighted by Crippen LogP contribution is 2.36. The molecule has 104 valence electrons. The standard InChI is InChI=1S/C12H7F3N2O3/c13-12(14,15)7-3-1-6-17-10(7)20-8-4-2-5-16-9(8)11(18)19/h1-6H,(H,18,19). The van der Waals surface area contributed by atoms with Gasteiger partial charge in [0.05, 0.1) is 0 Å². The van der Waals surface area contributed by atoms with E-state index in [1.165, 1.54) is 18.3 Å². The van der Waals surface area contributed by atoms with Gasteiger partial charge in [0.2, 0.25) is 5.88 Å². The summed E-state index contributed by atoms with van der Waals surface area (Å²) in [6, 6.07) is 4.44. The maximum Gasteiger partial charge on any atom is 0.421 e. The summed E-state index contributed by atoms with van der Waals surface area (Å²) in [6.45, 7) is 0. The summed E-state index contributed by atoms with van der Waals surface area (Å²) < 4.78 is 43.2. The molecular weight excluding hydrogens is 277 g/mol. The molecule has 0 unspecified atom stereocenters. The lowest BCUT2D eigenvalue weighted by atomic mass is 10.2. The monoisotopic (exact) mass is 284 g/mol. The molecule has 0 saturated heterocycles. The number of carboxylic acid groups (broad SMARTS) is 1. The van der Waals surface area contributed by atoms with Crippen molar-refractivity contribution in [3.63, 3.8) is 0 Å². The Morgan fingerprint density at radius 2 is 1.80 bits per heavy atom. The maximum atomic E-state index is 12.8. The zero-order valence-electron chi connectivity index (χ0n) is 9.76. The lowest BCUT2D eigenvalue weighted by Crippen LogP contribution is -2.09. The smallest absolute Gasteiger partial charge is 0.421 e. The number of halogens is 3. The molecule has 0 radical (unpaired) electrons. The molecule has 0 aliphatic carbocycles. The summed E-state index contributed by atoms with van der Waals surface area (Å²) in [5.41, 5.74) is -1.59. The van der Waals surface area contributed by atoms with Crippen LogP contribution in [0, 0.1) is 0 Å². The molecule has 2 aromatic heterocycles. The third kappa shape index (κ3) is 2.85. The van der Waals surface area contributed by atoms with Crippen LogP contribution in [0.25, 0.3) is 0 Å². The van der Waals surface area contributed by atoms with E-state index < -0.39 is 29.3 Å². The Morgan fingerprint density at radius 1 is 1.15 bits per heavy atom. The van der Waals surface area contributed by atoms with Gasteiger partial charge in [-0.25, -0.2) is 14.8 Å². The van der Waals surface area contributed by atoms with Gasteiger partial charge in [0.15, 0.2) is 11.4 Å². The molecule has 0 atom stereocenters. The summed E-state index contributed by atoms with van der Waals surface area (Å²) in [5, 5.41) is 8.89. The van der Waals surface area contributed by atoms with Crippen molar-refractivity contribution in [2.45, 2.75) is 6.18 Å². The summed E-state index contributed by atoms with van der Waals surface area (Å²) in [6.07, 6.45) is -2.35. The highest BCUT2D eigenvalue weighted by Gasteiger charge is 2.35. The van der Waals surface area contributed by atoms with Crippen molar-refractivity contribution in [1.82, 2.24) is 9.97 Å². The average Bonchev–Trinajstić information content (AvgIpc) is 2.38. The fourth-order valence-corrected chi connectivity index (χ4v) is 1.43. The van der Waals surface area contributed by atoms with Crippen LogP contribution in [0.1, 0.15) is 16.1 Å². The van der Waals surface area contributed by atoms with Crippen molar-refractivity contribution in [2.24, 2.45) is 0 Å². The third-order valence-corrected chi connectivity index (χ3v) is 2.26. The van der Waals surface area contributed by atoms with E-state index in [0.717, 1.165) is 18.3 Å². The lowest BCUT2D eigenvalue weighted by Gasteiger charge is -2.12. The van der Waals surface area contributed by atoms with E-state index in [1.807, 2.05) is 0 Å². The molecule has 20 heavy (non-hydrogen) atoms. The topological polar surface area (TPSA) is 72.3 Å². The second-order valence-corrected chi connectivity index (χ2v) is 3.61. The molecule has 8 heteroatoms. The number of carboxylic acids is 1. The molecule has 2 aromatic rings. The minimum absolute atomic E-state index is 0.316. The van der Waals surface area contributed by atoms with Crippen LogP contribution in [0.3, 0.4) is 0 Å². The number of nitrogens with zero attached hydrogens (tertiary/aromatic N) is 2. The van der Waals surface area contributed by atoms with E-state index >= 15 is 0 Å². The Balaban J connectivity index is 2.44. The second-order valence-electron chi connectivity index (χ2n) is 3.61. The Bertz CT molecular complexity index is 644. The van der Waals surface area contributed by atoms with Crippen molar-refractivity contribution >= 4 is 5.97 Å².